The van der Waals surface area contributed by atoms with Gasteiger partial charge in [-0.2, -0.15) is 0 Å². The Labute approximate surface area is 141 Å². The Morgan fingerprint density at radius 3 is 2.85 bits per heavy atom. The number of aryl methyl sites for hydroxylation is 1. The number of hydrogen-bond donors (Lipinski definition) is 1. The van der Waals surface area contributed by atoms with E-state index in [1.807, 2.05) is 13.0 Å². The van der Waals surface area contributed by atoms with E-state index in [0.717, 1.165) is 33.0 Å². The lowest BCUT2D eigenvalue weighted by Gasteiger charge is -2.01. The fourth-order valence-electron chi connectivity index (χ4n) is 2.04. The minimum absolute atomic E-state index is 0.153. The summed E-state index contributed by atoms with van der Waals surface area (Å²) in [6, 6.07) is 3.75. The number of H-pyrrole nitrogens is 1. The van der Waals surface area contributed by atoms with Crippen molar-refractivity contribution in [3.63, 3.8) is 0 Å². The number of aromatic amines is 1. The molecule has 1 aromatic carbocycles. The van der Waals surface area contributed by atoms with Crippen LogP contribution in [0.15, 0.2) is 12.1 Å². The third kappa shape index (κ3) is 3.40. The highest BCUT2D eigenvalue weighted by atomic mass is 127. The van der Waals surface area contributed by atoms with E-state index < -0.39 is 0 Å². The molecule has 0 fully saturated rings. The van der Waals surface area contributed by atoms with Gasteiger partial charge < -0.3 is 9.72 Å². The summed E-state index contributed by atoms with van der Waals surface area (Å²) in [5, 5.41) is 2.14. The summed E-state index contributed by atoms with van der Waals surface area (Å²) in [5.41, 5.74) is 1.93. The maximum atomic E-state index is 11.3. The topological polar surface area (TPSA) is 42.1 Å². The fourth-order valence-corrected chi connectivity index (χ4v) is 3.26. The molecule has 0 radical (unpaired) electrons. The van der Waals surface area contributed by atoms with Gasteiger partial charge in [0, 0.05) is 21.1 Å². The molecule has 0 aliphatic rings. The van der Waals surface area contributed by atoms with E-state index >= 15 is 0 Å². The number of halogens is 3. The van der Waals surface area contributed by atoms with E-state index in [0.29, 0.717) is 23.1 Å². The Hall–Kier alpha value is -0.460. The molecule has 0 spiro atoms. The molecule has 0 bridgehead atoms. The van der Waals surface area contributed by atoms with Crippen molar-refractivity contribution < 1.29 is 9.53 Å². The smallest absolute Gasteiger partial charge is 0.305 e. The van der Waals surface area contributed by atoms with E-state index in [9.17, 15) is 4.79 Å². The second-order valence-electron chi connectivity index (χ2n) is 4.36. The van der Waals surface area contributed by atoms with Crippen molar-refractivity contribution in [2.45, 2.75) is 26.2 Å². The molecule has 1 aromatic heterocycles. The van der Waals surface area contributed by atoms with Crippen LogP contribution in [-0.4, -0.2) is 17.6 Å². The monoisotopic (exact) mass is 425 g/mol. The molecule has 2 aromatic rings. The van der Waals surface area contributed by atoms with E-state index in [1.54, 1.807) is 6.07 Å². The zero-order valence-electron chi connectivity index (χ0n) is 10.9. The number of carbonyl (C=O) groups excluding carboxylic acids is 1. The van der Waals surface area contributed by atoms with E-state index in [2.05, 4.69) is 27.6 Å². The summed E-state index contributed by atoms with van der Waals surface area (Å²) in [4.78, 5) is 14.6. The zero-order valence-corrected chi connectivity index (χ0v) is 14.6. The van der Waals surface area contributed by atoms with Crippen LogP contribution in [0.5, 0.6) is 0 Å². The number of fused-ring (bicyclic) bond motifs is 1. The highest BCUT2D eigenvalue weighted by Gasteiger charge is 2.13. The van der Waals surface area contributed by atoms with Crippen LogP contribution in [0.25, 0.3) is 10.9 Å². The molecule has 1 heterocycles. The summed E-state index contributed by atoms with van der Waals surface area (Å²) in [6.07, 6.45) is 1.94. The van der Waals surface area contributed by atoms with Crippen LogP contribution in [0.3, 0.4) is 0 Å². The Morgan fingerprint density at radius 1 is 1.40 bits per heavy atom. The number of hydrogen-bond acceptors (Lipinski definition) is 2. The van der Waals surface area contributed by atoms with Crippen LogP contribution in [-0.2, 0) is 16.0 Å². The van der Waals surface area contributed by atoms with Crippen LogP contribution < -0.4 is 0 Å². The number of esters is 1. The van der Waals surface area contributed by atoms with Gasteiger partial charge in [-0.05, 0) is 48.4 Å². The number of rotatable bonds is 5. The number of aromatic nitrogens is 1. The predicted octanol–water partition coefficient (Wildman–Crippen LogP) is 4.97. The Balaban J connectivity index is 2.13. The molecule has 0 aliphatic heterocycles. The van der Waals surface area contributed by atoms with Gasteiger partial charge in [0.25, 0.3) is 0 Å². The summed E-state index contributed by atoms with van der Waals surface area (Å²) >= 11 is 14.5. The molecular formula is C14H14Cl2INO2. The minimum atomic E-state index is -0.153. The van der Waals surface area contributed by atoms with Gasteiger partial charge in [-0.1, -0.05) is 29.3 Å². The highest BCUT2D eigenvalue weighted by molar-refractivity contribution is 14.1. The maximum Gasteiger partial charge on any atom is 0.305 e. The average molecular weight is 426 g/mol. The zero-order chi connectivity index (χ0) is 14.7. The summed E-state index contributed by atoms with van der Waals surface area (Å²) in [5.74, 6) is -0.153. The van der Waals surface area contributed by atoms with Crippen LogP contribution in [0.1, 0.15) is 25.5 Å². The fraction of sp³-hybridized carbons (Fsp3) is 0.357. The Morgan fingerprint density at radius 2 is 2.15 bits per heavy atom. The van der Waals surface area contributed by atoms with Crippen LogP contribution >= 0.6 is 45.8 Å². The Bertz CT molecular complexity index is 640. The molecule has 1 N–H and O–H groups in total. The largest absolute Gasteiger partial charge is 0.466 e. The van der Waals surface area contributed by atoms with Crippen molar-refractivity contribution in [2.24, 2.45) is 0 Å². The molecule has 2 rings (SSSR count). The van der Waals surface area contributed by atoms with Crippen molar-refractivity contribution in [1.82, 2.24) is 4.98 Å². The van der Waals surface area contributed by atoms with Gasteiger partial charge in [0.15, 0.2) is 0 Å². The molecule has 108 valence electrons. The first-order valence-corrected chi connectivity index (χ1v) is 8.17. The third-order valence-corrected chi connectivity index (χ3v) is 5.02. The van der Waals surface area contributed by atoms with Crippen LogP contribution in [0.2, 0.25) is 10.0 Å². The SMILES string of the molecule is CCOC(=O)CCCc1[nH]c2c(Cl)c(Cl)ccc2c1I. The lowest BCUT2D eigenvalue weighted by Crippen LogP contribution is -2.04. The number of nitrogens with one attached hydrogen (secondary N) is 1. The standard InChI is InChI=1S/C14H14Cl2INO2/c1-2-20-11(19)5-3-4-10-13(17)8-6-7-9(15)12(16)14(8)18-10/h6-7,18H,2-5H2,1H3. The second kappa shape index (κ2) is 7.00. The van der Waals surface area contributed by atoms with Gasteiger partial charge in [0.1, 0.15) is 0 Å². The molecular weight excluding hydrogens is 412 g/mol. The lowest BCUT2D eigenvalue weighted by molar-refractivity contribution is -0.143. The van der Waals surface area contributed by atoms with Gasteiger partial charge in [-0.3, -0.25) is 4.79 Å². The van der Waals surface area contributed by atoms with Crippen molar-refractivity contribution in [3.05, 3.63) is 31.4 Å². The molecule has 0 atom stereocenters. The van der Waals surface area contributed by atoms with Crippen molar-refractivity contribution in [3.8, 4) is 0 Å². The number of benzene rings is 1. The maximum absolute atomic E-state index is 11.3. The van der Waals surface area contributed by atoms with Crippen LogP contribution in [0.4, 0.5) is 0 Å². The molecule has 0 unspecified atom stereocenters. The minimum Gasteiger partial charge on any atom is -0.466 e. The molecule has 6 heteroatoms. The molecule has 0 aliphatic carbocycles. The van der Waals surface area contributed by atoms with E-state index in [-0.39, 0.29) is 5.97 Å². The quantitative estimate of drug-likeness (QED) is 0.543. The van der Waals surface area contributed by atoms with Gasteiger partial charge in [0.2, 0.25) is 0 Å². The summed E-state index contributed by atoms with van der Waals surface area (Å²) in [7, 11) is 0. The molecule has 3 nitrogen and oxygen atoms in total. The molecule has 0 amide bonds. The first-order chi connectivity index (χ1) is 9.54. The predicted molar refractivity (Wildman–Crippen MR) is 90.6 cm³/mol. The number of carbonyl (C=O) groups is 1. The average Bonchev–Trinajstić information content (AvgIpc) is 2.72. The van der Waals surface area contributed by atoms with Crippen LogP contribution in [0, 0.1) is 3.57 Å². The summed E-state index contributed by atoms with van der Waals surface area (Å²) in [6.45, 7) is 2.24. The normalized spacial score (nSPS) is 11.0. The first kappa shape index (κ1) is 15.9. The van der Waals surface area contributed by atoms with Gasteiger partial charge in [0.05, 0.1) is 22.2 Å². The number of ether oxygens (including phenoxy) is 1. The van der Waals surface area contributed by atoms with Crippen molar-refractivity contribution in [1.29, 1.82) is 0 Å². The Kier molecular flexibility index (Phi) is 5.57. The van der Waals surface area contributed by atoms with Gasteiger partial charge in [-0.15, -0.1) is 0 Å². The molecule has 20 heavy (non-hydrogen) atoms. The van der Waals surface area contributed by atoms with Crippen molar-refractivity contribution >= 4 is 62.7 Å². The van der Waals surface area contributed by atoms with E-state index in [1.165, 1.54) is 0 Å². The molecule has 0 saturated heterocycles. The highest BCUT2D eigenvalue weighted by Crippen LogP contribution is 2.34. The first-order valence-electron chi connectivity index (χ1n) is 6.34. The van der Waals surface area contributed by atoms with E-state index in [4.69, 9.17) is 27.9 Å². The second-order valence-corrected chi connectivity index (χ2v) is 6.22. The molecule has 0 saturated carbocycles. The van der Waals surface area contributed by atoms with Crippen molar-refractivity contribution in [2.75, 3.05) is 6.61 Å². The van der Waals surface area contributed by atoms with Gasteiger partial charge >= 0.3 is 5.97 Å². The summed E-state index contributed by atoms with van der Waals surface area (Å²) < 4.78 is 6.04. The lowest BCUT2D eigenvalue weighted by atomic mass is 10.2. The van der Waals surface area contributed by atoms with Gasteiger partial charge in [-0.25, -0.2) is 0 Å². The third-order valence-electron chi connectivity index (χ3n) is 2.99.